The van der Waals surface area contributed by atoms with Crippen LogP contribution in [0.4, 0.5) is 4.79 Å². The maximum atomic E-state index is 11.4. The number of hydrogen-bond donors (Lipinski definition) is 3. The SMILES string of the molecule is CC(C)(C)NC(=O)NC1CCCC1O. The van der Waals surface area contributed by atoms with Gasteiger partial charge < -0.3 is 15.7 Å². The Kier molecular flexibility index (Phi) is 3.37. The molecule has 1 saturated carbocycles. The molecule has 2 atom stereocenters. The van der Waals surface area contributed by atoms with E-state index >= 15 is 0 Å². The van der Waals surface area contributed by atoms with Crippen LogP contribution in [0.15, 0.2) is 0 Å². The van der Waals surface area contributed by atoms with Crippen molar-refractivity contribution in [1.82, 2.24) is 10.6 Å². The highest BCUT2D eigenvalue weighted by Crippen LogP contribution is 2.18. The van der Waals surface area contributed by atoms with Gasteiger partial charge in [0.25, 0.3) is 0 Å². The van der Waals surface area contributed by atoms with E-state index in [1.807, 2.05) is 20.8 Å². The van der Waals surface area contributed by atoms with Crippen LogP contribution in [0, 0.1) is 0 Å². The first-order valence-corrected chi connectivity index (χ1v) is 5.15. The molecule has 0 heterocycles. The van der Waals surface area contributed by atoms with Gasteiger partial charge in [-0.25, -0.2) is 4.79 Å². The Morgan fingerprint density at radius 3 is 2.43 bits per heavy atom. The van der Waals surface area contributed by atoms with Crippen LogP contribution >= 0.6 is 0 Å². The number of aliphatic hydroxyl groups is 1. The van der Waals surface area contributed by atoms with E-state index in [1.54, 1.807) is 0 Å². The fraction of sp³-hybridized carbons (Fsp3) is 0.900. The lowest BCUT2D eigenvalue weighted by Gasteiger charge is -2.23. The first-order valence-electron chi connectivity index (χ1n) is 5.15. The van der Waals surface area contributed by atoms with E-state index < -0.39 is 0 Å². The fourth-order valence-electron chi connectivity index (χ4n) is 1.65. The summed E-state index contributed by atoms with van der Waals surface area (Å²) >= 11 is 0. The molecule has 1 aliphatic rings. The van der Waals surface area contributed by atoms with Crippen molar-refractivity contribution in [2.24, 2.45) is 0 Å². The zero-order chi connectivity index (χ0) is 10.8. The molecule has 4 heteroatoms. The van der Waals surface area contributed by atoms with E-state index in [4.69, 9.17) is 0 Å². The van der Waals surface area contributed by atoms with E-state index in [-0.39, 0.29) is 23.7 Å². The van der Waals surface area contributed by atoms with Crippen molar-refractivity contribution in [3.05, 3.63) is 0 Å². The lowest BCUT2D eigenvalue weighted by molar-refractivity contribution is 0.148. The van der Waals surface area contributed by atoms with Crippen LogP contribution in [-0.2, 0) is 0 Å². The van der Waals surface area contributed by atoms with Crippen LogP contribution in [0.2, 0.25) is 0 Å². The number of rotatable bonds is 1. The van der Waals surface area contributed by atoms with Gasteiger partial charge in [0.05, 0.1) is 12.1 Å². The van der Waals surface area contributed by atoms with Crippen LogP contribution in [0.5, 0.6) is 0 Å². The van der Waals surface area contributed by atoms with E-state index in [2.05, 4.69) is 10.6 Å². The number of amides is 2. The molecule has 82 valence electrons. The van der Waals surface area contributed by atoms with Crippen molar-refractivity contribution < 1.29 is 9.90 Å². The first-order chi connectivity index (χ1) is 6.38. The Morgan fingerprint density at radius 2 is 2.00 bits per heavy atom. The summed E-state index contributed by atoms with van der Waals surface area (Å²) in [5.74, 6) is 0. The molecular weight excluding hydrogens is 180 g/mol. The Bertz CT molecular complexity index is 211. The molecule has 1 fully saturated rings. The Balaban J connectivity index is 2.33. The van der Waals surface area contributed by atoms with Gasteiger partial charge in [0.15, 0.2) is 0 Å². The minimum atomic E-state index is -0.374. The molecule has 0 aromatic carbocycles. The summed E-state index contributed by atoms with van der Waals surface area (Å²) in [5, 5.41) is 15.1. The smallest absolute Gasteiger partial charge is 0.315 e. The highest BCUT2D eigenvalue weighted by Gasteiger charge is 2.27. The summed E-state index contributed by atoms with van der Waals surface area (Å²) in [6, 6.07) is -0.263. The molecule has 0 bridgehead atoms. The third kappa shape index (κ3) is 3.54. The van der Waals surface area contributed by atoms with Crippen molar-refractivity contribution in [2.75, 3.05) is 0 Å². The van der Waals surface area contributed by atoms with Gasteiger partial charge in [-0.15, -0.1) is 0 Å². The quantitative estimate of drug-likeness (QED) is 0.591. The van der Waals surface area contributed by atoms with Gasteiger partial charge in [-0.3, -0.25) is 0 Å². The van der Waals surface area contributed by atoms with Crippen LogP contribution in [0.1, 0.15) is 40.0 Å². The summed E-state index contributed by atoms with van der Waals surface area (Å²) in [6.45, 7) is 5.78. The van der Waals surface area contributed by atoms with Gasteiger partial charge in [-0.2, -0.15) is 0 Å². The van der Waals surface area contributed by atoms with Gasteiger partial charge in [0, 0.05) is 5.54 Å². The molecule has 0 aromatic rings. The molecule has 0 spiro atoms. The van der Waals surface area contributed by atoms with Gasteiger partial charge in [0.2, 0.25) is 0 Å². The number of carbonyl (C=O) groups is 1. The topological polar surface area (TPSA) is 61.4 Å². The van der Waals surface area contributed by atoms with Crippen LogP contribution in [0.25, 0.3) is 0 Å². The highest BCUT2D eigenvalue weighted by molar-refractivity contribution is 5.75. The molecule has 0 radical (unpaired) electrons. The van der Waals surface area contributed by atoms with Crippen molar-refractivity contribution in [3.8, 4) is 0 Å². The Labute approximate surface area is 85.1 Å². The number of hydrogen-bond acceptors (Lipinski definition) is 2. The maximum Gasteiger partial charge on any atom is 0.315 e. The lowest BCUT2D eigenvalue weighted by Crippen LogP contribution is -2.51. The standard InChI is InChI=1S/C10H20N2O2/c1-10(2,3)12-9(14)11-7-5-4-6-8(7)13/h7-8,13H,4-6H2,1-3H3,(H2,11,12,14). The number of aliphatic hydroxyl groups excluding tert-OH is 1. The number of urea groups is 1. The van der Waals surface area contributed by atoms with Gasteiger partial charge >= 0.3 is 6.03 Å². The average molecular weight is 200 g/mol. The largest absolute Gasteiger partial charge is 0.391 e. The summed E-state index contributed by atoms with van der Waals surface area (Å²) in [4.78, 5) is 11.4. The molecule has 0 saturated heterocycles. The first kappa shape index (κ1) is 11.3. The molecule has 0 aliphatic heterocycles. The molecule has 2 unspecified atom stereocenters. The summed E-state index contributed by atoms with van der Waals surface area (Å²) in [7, 11) is 0. The van der Waals surface area contributed by atoms with Gasteiger partial charge in [-0.05, 0) is 40.0 Å². The predicted molar refractivity (Wildman–Crippen MR) is 55.1 cm³/mol. The second kappa shape index (κ2) is 4.17. The molecule has 0 aromatic heterocycles. The van der Waals surface area contributed by atoms with Gasteiger partial charge in [0.1, 0.15) is 0 Å². The molecule has 14 heavy (non-hydrogen) atoms. The van der Waals surface area contributed by atoms with Crippen molar-refractivity contribution in [1.29, 1.82) is 0 Å². The zero-order valence-electron chi connectivity index (χ0n) is 9.13. The third-order valence-electron chi connectivity index (χ3n) is 2.28. The monoisotopic (exact) mass is 200 g/mol. The van der Waals surface area contributed by atoms with E-state index in [9.17, 15) is 9.90 Å². The third-order valence-corrected chi connectivity index (χ3v) is 2.28. The summed E-state index contributed by atoms with van der Waals surface area (Å²) in [6.07, 6.45) is 2.28. The molecule has 4 nitrogen and oxygen atoms in total. The molecule has 2 amide bonds. The highest BCUT2D eigenvalue weighted by atomic mass is 16.3. The lowest BCUT2D eigenvalue weighted by atomic mass is 10.1. The zero-order valence-corrected chi connectivity index (χ0v) is 9.13. The summed E-state index contributed by atoms with van der Waals surface area (Å²) < 4.78 is 0. The van der Waals surface area contributed by atoms with Crippen LogP contribution < -0.4 is 10.6 Å². The molecule has 3 N–H and O–H groups in total. The maximum absolute atomic E-state index is 11.4. The minimum Gasteiger partial charge on any atom is -0.391 e. The summed E-state index contributed by atoms with van der Waals surface area (Å²) in [5.41, 5.74) is -0.229. The Hall–Kier alpha value is -0.770. The predicted octanol–water partition coefficient (Wildman–Crippen LogP) is 0.998. The van der Waals surface area contributed by atoms with E-state index in [1.165, 1.54) is 0 Å². The van der Waals surface area contributed by atoms with Crippen molar-refractivity contribution in [2.45, 2.75) is 57.7 Å². The Morgan fingerprint density at radius 1 is 1.36 bits per heavy atom. The van der Waals surface area contributed by atoms with Crippen molar-refractivity contribution in [3.63, 3.8) is 0 Å². The average Bonchev–Trinajstić information content (AvgIpc) is 2.32. The normalized spacial score (nSPS) is 27.4. The number of nitrogens with one attached hydrogen (secondary N) is 2. The second-order valence-electron chi connectivity index (χ2n) is 4.95. The van der Waals surface area contributed by atoms with E-state index in [0.717, 1.165) is 19.3 Å². The van der Waals surface area contributed by atoms with Crippen LogP contribution in [0.3, 0.4) is 0 Å². The second-order valence-corrected chi connectivity index (χ2v) is 4.95. The molecule has 1 aliphatic carbocycles. The minimum absolute atomic E-state index is 0.0719. The van der Waals surface area contributed by atoms with Gasteiger partial charge in [-0.1, -0.05) is 0 Å². The van der Waals surface area contributed by atoms with Crippen LogP contribution in [-0.4, -0.2) is 28.8 Å². The molecule has 1 rings (SSSR count). The van der Waals surface area contributed by atoms with Crippen molar-refractivity contribution >= 4 is 6.03 Å². The fourth-order valence-corrected chi connectivity index (χ4v) is 1.65. The van der Waals surface area contributed by atoms with E-state index in [0.29, 0.717) is 0 Å². The molecular formula is C10H20N2O2. The number of carbonyl (C=O) groups excluding carboxylic acids is 1.